The Hall–Kier alpha value is -1.42. The minimum absolute atomic E-state index is 0.951. The van der Waals surface area contributed by atoms with Gasteiger partial charge in [-0.2, -0.15) is 0 Å². The summed E-state index contributed by atoms with van der Waals surface area (Å²) >= 11 is 0. The van der Waals surface area contributed by atoms with E-state index in [0.717, 1.165) is 18.7 Å². The highest BCUT2D eigenvalue weighted by atomic mass is 15.1. The van der Waals surface area contributed by atoms with E-state index >= 15 is 0 Å². The summed E-state index contributed by atoms with van der Waals surface area (Å²) in [6.45, 7) is 6.64. The van der Waals surface area contributed by atoms with E-state index in [1.54, 1.807) is 0 Å². The molecule has 1 nitrogen and oxygen atoms in total. The number of terminal acetylenes is 1. The van der Waals surface area contributed by atoms with Crippen LogP contribution in [0.4, 0.5) is 5.69 Å². The molecule has 0 saturated carbocycles. The summed E-state index contributed by atoms with van der Waals surface area (Å²) in [6, 6.07) is 8.24. The van der Waals surface area contributed by atoms with Gasteiger partial charge in [0.05, 0.1) is 0 Å². The molecule has 0 atom stereocenters. The molecule has 1 aromatic rings. The van der Waals surface area contributed by atoms with Crippen LogP contribution in [0.25, 0.3) is 0 Å². The van der Waals surface area contributed by atoms with Crippen LogP contribution >= 0.6 is 0 Å². The molecule has 0 unspecified atom stereocenters. The molecule has 0 heterocycles. The second-order valence-electron chi connectivity index (χ2n) is 3.68. The van der Waals surface area contributed by atoms with Gasteiger partial charge >= 0.3 is 0 Å². The Bertz CT molecular complexity index is 312. The van der Waals surface area contributed by atoms with Gasteiger partial charge in [-0.1, -0.05) is 19.8 Å². The minimum Gasteiger partial charge on any atom is -0.372 e. The largest absolute Gasteiger partial charge is 0.372 e. The predicted octanol–water partition coefficient (Wildman–Crippen LogP) is 3.29. The summed E-state index contributed by atoms with van der Waals surface area (Å²) in [5.41, 5.74) is 2.23. The van der Waals surface area contributed by atoms with Crippen LogP contribution in [0, 0.1) is 12.3 Å². The molecule has 0 fully saturated rings. The number of hydrogen-bond donors (Lipinski definition) is 0. The summed E-state index contributed by atoms with van der Waals surface area (Å²) in [5, 5.41) is 0. The summed E-state index contributed by atoms with van der Waals surface area (Å²) in [5.74, 6) is 2.64. The average molecular weight is 201 g/mol. The van der Waals surface area contributed by atoms with E-state index in [1.165, 1.54) is 18.5 Å². The average Bonchev–Trinajstić information content (AvgIpc) is 2.29. The smallest absolute Gasteiger partial charge is 0.0367 e. The molecule has 0 saturated heterocycles. The highest BCUT2D eigenvalue weighted by Crippen LogP contribution is 2.15. The first-order valence-electron chi connectivity index (χ1n) is 5.63. The van der Waals surface area contributed by atoms with Crippen molar-refractivity contribution in [1.29, 1.82) is 0 Å². The maximum Gasteiger partial charge on any atom is 0.0367 e. The van der Waals surface area contributed by atoms with E-state index in [2.05, 4.69) is 36.8 Å². The maximum absolute atomic E-state index is 5.33. The van der Waals surface area contributed by atoms with Gasteiger partial charge in [0.15, 0.2) is 0 Å². The monoisotopic (exact) mass is 201 g/mol. The molecular formula is C14H19N. The first-order valence-corrected chi connectivity index (χ1v) is 5.63. The normalized spacial score (nSPS) is 9.67. The third-order valence-corrected chi connectivity index (χ3v) is 2.39. The van der Waals surface area contributed by atoms with Gasteiger partial charge in [-0.15, -0.1) is 6.42 Å². The molecule has 1 aromatic carbocycles. The van der Waals surface area contributed by atoms with Gasteiger partial charge < -0.3 is 4.90 Å². The van der Waals surface area contributed by atoms with E-state index in [9.17, 15) is 0 Å². The number of rotatable bonds is 5. The zero-order chi connectivity index (χ0) is 11.1. The third-order valence-electron chi connectivity index (χ3n) is 2.39. The van der Waals surface area contributed by atoms with Crippen LogP contribution in [-0.2, 0) is 0 Å². The standard InChI is InChI=1S/C14H19N/c1-4-11-15(12-5-2)14-9-7-13(6-3)8-10-14/h3,7-10H,4-5,11-12H2,1-2H3. The predicted molar refractivity (Wildman–Crippen MR) is 67.2 cm³/mol. The molecule has 0 radical (unpaired) electrons. The summed E-state index contributed by atoms with van der Waals surface area (Å²) < 4.78 is 0. The fourth-order valence-corrected chi connectivity index (χ4v) is 1.68. The van der Waals surface area contributed by atoms with Gasteiger partial charge in [0.2, 0.25) is 0 Å². The van der Waals surface area contributed by atoms with Crippen molar-refractivity contribution in [3.05, 3.63) is 29.8 Å². The zero-order valence-corrected chi connectivity index (χ0v) is 9.66. The Morgan fingerprint density at radius 3 is 2.00 bits per heavy atom. The summed E-state index contributed by atoms with van der Waals surface area (Å²) in [4.78, 5) is 2.40. The molecule has 1 rings (SSSR count). The van der Waals surface area contributed by atoms with E-state index < -0.39 is 0 Å². The van der Waals surface area contributed by atoms with Gasteiger partial charge in [0.1, 0.15) is 0 Å². The molecule has 0 amide bonds. The number of nitrogens with zero attached hydrogens (tertiary/aromatic N) is 1. The van der Waals surface area contributed by atoms with E-state index in [4.69, 9.17) is 6.42 Å². The summed E-state index contributed by atoms with van der Waals surface area (Å²) in [7, 11) is 0. The number of hydrogen-bond acceptors (Lipinski definition) is 1. The van der Waals surface area contributed by atoms with Crippen LogP contribution in [0.15, 0.2) is 24.3 Å². The van der Waals surface area contributed by atoms with Crippen LogP contribution in [0.5, 0.6) is 0 Å². The third kappa shape index (κ3) is 3.32. The van der Waals surface area contributed by atoms with Crippen molar-refractivity contribution < 1.29 is 0 Å². The van der Waals surface area contributed by atoms with E-state index in [1.807, 2.05) is 12.1 Å². The Morgan fingerprint density at radius 2 is 1.60 bits per heavy atom. The van der Waals surface area contributed by atoms with Crippen molar-refractivity contribution in [3.8, 4) is 12.3 Å². The lowest BCUT2D eigenvalue weighted by molar-refractivity contribution is 0.745. The second kappa shape index (κ2) is 6.14. The van der Waals surface area contributed by atoms with Crippen LogP contribution in [0.3, 0.4) is 0 Å². The molecule has 0 aromatic heterocycles. The fraction of sp³-hybridized carbons (Fsp3) is 0.429. The number of anilines is 1. The van der Waals surface area contributed by atoms with Crippen LogP contribution in [0.1, 0.15) is 32.3 Å². The molecule has 15 heavy (non-hydrogen) atoms. The van der Waals surface area contributed by atoms with Crippen LogP contribution in [-0.4, -0.2) is 13.1 Å². The highest BCUT2D eigenvalue weighted by Gasteiger charge is 2.03. The van der Waals surface area contributed by atoms with Gasteiger partial charge in [-0.3, -0.25) is 0 Å². The quantitative estimate of drug-likeness (QED) is 0.661. The minimum atomic E-state index is 0.951. The maximum atomic E-state index is 5.33. The highest BCUT2D eigenvalue weighted by molar-refractivity contribution is 5.50. The molecule has 0 aliphatic carbocycles. The van der Waals surface area contributed by atoms with Crippen LogP contribution < -0.4 is 4.90 Å². The topological polar surface area (TPSA) is 3.24 Å². The Labute approximate surface area is 93.1 Å². The molecule has 0 spiro atoms. The zero-order valence-electron chi connectivity index (χ0n) is 9.66. The van der Waals surface area contributed by atoms with Gasteiger partial charge in [-0.05, 0) is 37.1 Å². The van der Waals surface area contributed by atoms with Crippen molar-refractivity contribution in [2.45, 2.75) is 26.7 Å². The Balaban J connectivity index is 2.77. The van der Waals surface area contributed by atoms with Gasteiger partial charge in [0, 0.05) is 24.3 Å². The summed E-state index contributed by atoms with van der Waals surface area (Å²) in [6.07, 6.45) is 7.68. The van der Waals surface area contributed by atoms with Crippen LogP contribution in [0.2, 0.25) is 0 Å². The van der Waals surface area contributed by atoms with E-state index in [0.29, 0.717) is 0 Å². The first-order chi connectivity index (χ1) is 7.31. The Morgan fingerprint density at radius 1 is 1.07 bits per heavy atom. The molecular weight excluding hydrogens is 182 g/mol. The SMILES string of the molecule is C#Cc1ccc(N(CCC)CCC)cc1. The second-order valence-corrected chi connectivity index (χ2v) is 3.68. The molecule has 0 N–H and O–H groups in total. The van der Waals surface area contributed by atoms with Crippen molar-refractivity contribution >= 4 is 5.69 Å². The van der Waals surface area contributed by atoms with E-state index in [-0.39, 0.29) is 0 Å². The van der Waals surface area contributed by atoms with Gasteiger partial charge in [-0.25, -0.2) is 0 Å². The van der Waals surface area contributed by atoms with Crippen molar-refractivity contribution in [1.82, 2.24) is 0 Å². The lowest BCUT2D eigenvalue weighted by Gasteiger charge is -2.23. The van der Waals surface area contributed by atoms with Crippen molar-refractivity contribution in [2.24, 2.45) is 0 Å². The first kappa shape index (κ1) is 11.7. The van der Waals surface area contributed by atoms with Crippen molar-refractivity contribution in [3.63, 3.8) is 0 Å². The van der Waals surface area contributed by atoms with Crippen molar-refractivity contribution in [2.75, 3.05) is 18.0 Å². The lowest BCUT2D eigenvalue weighted by atomic mass is 10.2. The molecule has 0 aliphatic rings. The number of benzene rings is 1. The fourth-order valence-electron chi connectivity index (χ4n) is 1.68. The lowest BCUT2D eigenvalue weighted by Crippen LogP contribution is -2.24. The molecule has 80 valence electrons. The molecule has 0 aliphatic heterocycles. The molecule has 1 heteroatoms. The molecule has 0 bridgehead atoms. The Kier molecular flexibility index (Phi) is 4.77. The van der Waals surface area contributed by atoms with Gasteiger partial charge in [0.25, 0.3) is 0 Å².